The Kier molecular flexibility index (Phi) is 39.7. The van der Waals surface area contributed by atoms with Gasteiger partial charge in [0.15, 0.2) is 17.9 Å². The van der Waals surface area contributed by atoms with Gasteiger partial charge < -0.3 is 87.4 Å². The quantitative estimate of drug-likeness (QED) is 0.0119. The third-order valence-electron chi connectivity index (χ3n) is 21.8. The third-order valence-corrected chi connectivity index (χ3v) is 26.1. The summed E-state index contributed by atoms with van der Waals surface area (Å²) in [6.07, 6.45) is 8.14. The summed E-state index contributed by atoms with van der Waals surface area (Å²) < 4.78 is 98.7. The first-order valence-electron chi connectivity index (χ1n) is 42.5. The number of hydrogen-bond donors (Lipinski definition) is 18. The number of sulfonamides is 2. The monoisotopic (exact) mass is 2100 g/mol. The van der Waals surface area contributed by atoms with E-state index in [0.717, 1.165) is 18.1 Å². The van der Waals surface area contributed by atoms with Crippen LogP contribution >= 0.6 is 0 Å². The number of aromatic amines is 2. The van der Waals surface area contributed by atoms with E-state index in [1.807, 2.05) is 0 Å². The predicted octanol–water partition coefficient (Wildman–Crippen LogP) is -1.39. The fourth-order valence-corrected chi connectivity index (χ4v) is 19.5. The molecule has 1 radical (unpaired) electrons. The third kappa shape index (κ3) is 31.8. The number of pyridine rings is 2. The number of benzene rings is 4. The summed E-state index contributed by atoms with van der Waals surface area (Å²) in [5.41, 5.74) is 2.11. The number of carbonyl (C=O) groups is 12. The molecule has 5 heterocycles. The maximum atomic E-state index is 15.0. The van der Waals surface area contributed by atoms with Crippen LogP contribution in [0.2, 0.25) is 0 Å². The van der Waals surface area contributed by atoms with Gasteiger partial charge in [0, 0.05) is 190 Å². The van der Waals surface area contributed by atoms with Gasteiger partial charge in [-0.15, -0.1) is 0 Å². The topological polar surface area (TPSA) is 655 Å². The zero-order valence-electron chi connectivity index (χ0n) is 75.1. The molecule has 1 aliphatic rings. The minimum atomic E-state index is -5.29. The van der Waals surface area contributed by atoms with Crippen LogP contribution in [0.25, 0.3) is 21.8 Å². The van der Waals surface area contributed by atoms with Gasteiger partial charge in [-0.05, 0) is 125 Å². The van der Waals surface area contributed by atoms with Gasteiger partial charge in [0.05, 0.1) is 53.0 Å². The van der Waals surface area contributed by atoms with Crippen molar-refractivity contribution in [3.63, 3.8) is 0 Å². The van der Waals surface area contributed by atoms with E-state index < -0.39 is 205 Å². The van der Waals surface area contributed by atoms with Crippen molar-refractivity contribution in [2.75, 3.05) is 121 Å². The van der Waals surface area contributed by atoms with Crippen molar-refractivity contribution in [2.24, 2.45) is 0 Å². The zero-order chi connectivity index (χ0) is 98.2. The zero-order valence-corrected chi connectivity index (χ0v) is 79.2. The van der Waals surface area contributed by atoms with Gasteiger partial charge in [-0.1, -0.05) is 54.4 Å². The Morgan fingerprint density at radius 3 is 1.20 bits per heavy atom. The van der Waals surface area contributed by atoms with E-state index in [9.17, 15) is 117 Å². The first kappa shape index (κ1) is 108. The Hall–Kier alpha value is -12.0. The number of amides is 7. The maximum absolute atomic E-state index is 15.0. The Bertz CT molecular complexity index is 6120. The van der Waals surface area contributed by atoms with Crippen LogP contribution in [0.5, 0.6) is 0 Å². The van der Waals surface area contributed by atoms with E-state index in [2.05, 4.69) is 77.2 Å². The summed E-state index contributed by atoms with van der Waals surface area (Å²) in [7, 11) is -14.2. The molecule has 1 saturated heterocycles. The van der Waals surface area contributed by atoms with Crippen molar-refractivity contribution in [2.45, 2.75) is 141 Å². The van der Waals surface area contributed by atoms with Gasteiger partial charge in [0.1, 0.15) is 40.8 Å². The second-order valence-corrected chi connectivity index (χ2v) is 37.2. The number of carbonyl (C=O) groups excluding carboxylic acids is 8. The number of anilines is 2. The molecule has 2 unspecified atom stereocenters. The van der Waals surface area contributed by atoms with Crippen LogP contribution in [0.4, 0.5) is 11.9 Å². The molecule has 0 aliphatic carbocycles. The largest absolute Gasteiger partial charge is 0.480 e. The first-order chi connectivity index (χ1) is 63.3. The summed E-state index contributed by atoms with van der Waals surface area (Å²) in [4.78, 5) is 212. The molecule has 9 rings (SSSR count). The number of H-pyrrole nitrogens is 2. The van der Waals surface area contributed by atoms with Crippen molar-refractivity contribution in [3.8, 4) is 0 Å². The number of aliphatic carboxylic acids is 4. The van der Waals surface area contributed by atoms with Crippen LogP contribution in [-0.2, 0) is 104 Å². The summed E-state index contributed by atoms with van der Waals surface area (Å²) in [6.45, 7) is 7.31. The fraction of sp³-hybridized carbons (Fsp3) is 0.435. The van der Waals surface area contributed by atoms with Crippen molar-refractivity contribution in [1.82, 2.24) is 95.3 Å². The summed E-state index contributed by atoms with van der Waals surface area (Å²) in [5, 5.41) is 62.7. The SMILES string of the molecule is CC[C@H](NC(=O)[C@H](NC(=O)CN1CCN(CC(=O)O)CCN(CC(=O)O)CCN(CC(=O)O)CC1)C(=O)N[C@@H](CS(=O)(=O)O)C(=O)NCCCn1cc(C(=O)NCC(NS(=O)(=O)c2c(C)cc(C)cc2C)C(C)=O)c(=O)c2ccc(CNc3ncc[nH]3)cc21)C(=O)NCCCn1cc(C(=O)NCC(NS(=O)(=O)c2c(C)cc(C)cc2C)C(=O)O)c(=O)c2ccc(CNc3ncc[nH]3)cc21.[Lu]. The molecule has 0 spiro atoms. The average Bonchev–Trinajstić information content (AvgIpc) is 1.36. The standard InChI is InChI=1S/C85H111N21O25S3.Lu/c1-9-62(79(119)86-16-10-22-105-43-61(74(116)59-15-13-57(37-67(59)105)39-95-85-90-20-21-91-85)78(118)93-41-64(83(123)124)100-134(130,131)76-53(6)34-50(3)35-54(76)7)96-81(121)72(98-68(108)44-101-24-26-102(45-69(109)110)28-30-104(47-71(113)114)31-29-103(27-25-101)46-70(111)112)82(122)97-65(48-132(125,126)127)80(120)87-17-11-23-106-42-60(73(115)58-14-12-56(36-66(58)106)38-94-84-88-18-19-89-84)77(117)92-40-63(55(8)107)99-133(128,129)75-51(4)32-49(2)33-52(75)5;/h12-15,18-21,32-37,42-43,62-65,72,99-100H,9-11,16-17,22-31,38-41,44-48H2,1-8H3,(H,86,119)(H,87,120)(H,92,117)(H,93,118)(H,96,121)(H,97,122)(H,98,108)(H,109,110)(H,111,112)(H,113,114)(H,123,124)(H2,88,89,94)(H2,90,91,95)(H,125,126,127);/t62-,63?,64?,65-,72-;/m0./s1. The molecule has 7 amide bonds. The minimum Gasteiger partial charge on any atom is -0.480 e. The number of Topliss-reactive ketones (excluding diaryl/α,β-unsaturated/α-hetero) is 1. The Labute approximate surface area is 805 Å². The molecule has 1 fully saturated rings. The molecule has 50 heteroatoms. The summed E-state index contributed by atoms with van der Waals surface area (Å²) in [6, 6.07) is 5.96. The number of aryl methyl sites for hydroxylation is 8. The van der Waals surface area contributed by atoms with E-state index >= 15 is 0 Å². The molecule has 18 N–H and O–H groups in total. The van der Waals surface area contributed by atoms with Gasteiger partial charge in [-0.2, -0.15) is 17.9 Å². The van der Waals surface area contributed by atoms with E-state index in [0.29, 0.717) is 45.3 Å². The summed E-state index contributed by atoms with van der Waals surface area (Å²) in [5.74, 6) is -15.5. The predicted molar refractivity (Wildman–Crippen MR) is 487 cm³/mol. The number of nitrogens with zero attached hydrogens (tertiary/aromatic N) is 8. The van der Waals surface area contributed by atoms with E-state index in [-0.39, 0.29) is 173 Å². The van der Waals surface area contributed by atoms with Crippen LogP contribution in [0.15, 0.2) is 117 Å². The van der Waals surface area contributed by atoms with Gasteiger partial charge in [-0.3, -0.25) is 91.3 Å². The first-order valence-corrected chi connectivity index (χ1v) is 47.1. The van der Waals surface area contributed by atoms with Crippen LogP contribution in [0.1, 0.15) is 98.3 Å². The molecule has 5 atom stereocenters. The molecular weight excluding hydrogens is 1990 g/mol. The Morgan fingerprint density at radius 2 is 0.844 bits per heavy atom. The number of imidazole rings is 2. The summed E-state index contributed by atoms with van der Waals surface area (Å²) >= 11 is 0. The number of nitrogens with one attached hydrogen (secondary N) is 13. The minimum absolute atomic E-state index is 0. The molecule has 4 aromatic heterocycles. The van der Waals surface area contributed by atoms with Gasteiger partial charge in [0.25, 0.3) is 33.7 Å². The average molecular weight is 2100 g/mol. The second kappa shape index (κ2) is 49.5. The normalized spacial score (nSPS) is 14.5. The second-order valence-electron chi connectivity index (χ2n) is 32.4. The van der Waals surface area contributed by atoms with Crippen molar-refractivity contribution < 1.29 is 145 Å². The number of aromatic nitrogens is 6. The van der Waals surface area contributed by atoms with E-state index in [1.54, 1.807) is 88.6 Å². The number of carboxylic acids is 4. The van der Waals surface area contributed by atoms with E-state index in [1.165, 1.54) is 86.4 Å². The Balaban J connectivity index is 0.0000224. The number of fused-ring (bicyclic) bond motifs is 2. The van der Waals surface area contributed by atoms with Crippen molar-refractivity contribution >= 4 is 135 Å². The number of rotatable bonds is 46. The van der Waals surface area contributed by atoms with Gasteiger partial charge in [0.2, 0.25) is 48.6 Å². The van der Waals surface area contributed by atoms with Crippen LogP contribution < -0.4 is 68.2 Å². The number of ketones is 1. The molecule has 0 saturated carbocycles. The molecule has 46 nitrogen and oxygen atoms in total. The van der Waals surface area contributed by atoms with Crippen molar-refractivity contribution in [1.29, 1.82) is 0 Å². The maximum Gasteiger partial charge on any atom is 0.323 e. The number of carboxylic acid groups (broad SMARTS) is 4. The Morgan fingerprint density at radius 1 is 0.474 bits per heavy atom. The van der Waals surface area contributed by atoms with Crippen molar-refractivity contribution in [3.05, 3.63) is 174 Å². The molecule has 739 valence electrons. The molecule has 8 aromatic rings. The molecule has 1 aliphatic heterocycles. The van der Waals surface area contributed by atoms with Gasteiger partial charge in [-0.25, -0.2) is 26.8 Å². The molecule has 4 aromatic carbocycles. The molecular formula is C85H111LuN21O25S3. The van der Waals surface area contributed by atoms with Gasteiger partial charge >= 0.3 is 23.9 Å². The molecule has 135 heavy (non-hydrogen) atoms. The smallest absolute Gasteiger partial charge is 0.323 e. The van der Waals surface area contributed by atoms with Crippen LogP contribution in [-0.4, -0.2) is 311 Å². The molecule has 0 bridgehead atoms. The van der Waals surface area contributed by atoms with Crippen LogP contribution in [0, 0.1) is 78.4 Å². The van der Waals surface area contributed by atoms with Crippen LogP contribution in [0.3, 0.4) is 0 Å². The van der Waals surface area contributed by atoms with E-state index in [4.69, 9.17) is 0 Å². The fourth-order valence-electron chi connectivity index (χ4n) is 15.5. The number of hydrogen-bond acceptors (Lipinski definition) is 28.